The number of rotatable bonds is 3. The first kappa shape index (κ1) is 12.2. The molecule has 5 heteroatoms. The Balaban J connectivity index is 1.88. The molecular weight excluding hydrogens is 240 g/mol. The van der Waals surface area contributed by atoms with Crippen LogP contribution >= 0.6 is 11.6 Å². The Morgan fingerprint density at radius 2 is 2.24 bits per heavy atom. The van der Waals surface area contributed by atoms with Gasteiger partial charge in [0.05, 0.1) is 16.8 Å². The van der Waals surface area contributed by atoms with Gasteiger partial charge >= 0.3 is 0 Å². The molecule has 2 rings (SSSR count). The highest BCUT2D eigenvalue weighted by molar-refractivity contribution is 6.33. The van der Waals surface area contributed by atoms with Crippen molar-refractivity contribution in [1.29, 1.82) is 0 Å². The zero-order valence-corrected chi connectivity index (χ0v) is 10.1. The summed E-state index contributed by atoms with van der Waals surface area (Å²) in [5, 5.41) is 12.3. The Bertz CT molecular complexity index is 431. The van der Waals surface area contributed by atoms with Crippen molar-refractivity contribution in [3.8, 4) is 0 Å². The highest BCUT2D eigenvalue weighted by atomic mass is 35.5. The van der Waals surface area contributed by atoms with Crippen LogP contribution in [-0.4, -0.2) is 23.7 Å². The molecule has 0 bridgehead atoms. The molecule has 1 aromatic carbocycles. The number of halogens is 1. The molecular formula is C12H15ClN2O2. The van der Waals surface area contributed by atoms with Gasteiger partial charge in [-0.2, -0.15) is 0 Å². The maximum Gasteiger partial charge on any atom is 0.251 e. The molecule has 4 N–H and O–H groups in total. The van der Waals surface area contributed by atoms with Gasteiger partial charge < -0.3 is 16.2 Å². The molecule has 0 unspecified atom stereocenters. The second-order valence-corrected chi connectivity index (χ2v) is 4.84. The zero-order chi connectivity index (χ0) is 12.4. The molecule has 17 heavy (non-hydrogen) atoms. The first-order chi connectivity index (χ1) is 8.06. The predicted molar refractivity (Wildman–Crippen MR) is 66.9 cm³/mol. The molecule has 0 heterocycles. The number of hydrogen-bond donors (Lipinski definition) is 3. The summed E-state index contributed by atoms with van der Waals surface area (Å²) in [4.78, 5) is 11.8. The minimum Gasteiger partial charge on any atom is -0.398 e. The number of hydrogen-bond acceptors (Lipinski definition) is 3. The highest BCUT2D eigenvalue weighted by Crippen LogP contribution is 2.26. The topological polar surface area (TPSA) is 75.4 Å². The molecule has 1 aliphatic rings. The number of aliphatic hydroxyl groups excluding tert-OH is 1. The van der Waals surface area contributed by atoms with Crippen molar-refractivity contribution in [2.75, 3.05) is 12.3 Å². The summed E-state index contributed by atoms with van der Waals surface area (Å²) < 4.78 is 0. The quantitative estimate of drug-likeness (QED) is 0.714. The van der Waals surface area contributed by atoms with Crippen molar-refractivity contribution in [2.45, 2.75) is 18.9 Å². The molecule has 0 aliphatic heterocycles. The summed E-state index contributed by atoms with van der Waals surface area (Å²) in [5.74, 6) is 0.228. The van der Waals surface area contributed by atoms with Crippen molar-refractivity contribution in [2.24, 2.45) is 5.92 Å². The molecule has 0 atom stereocenters. The normalized spacial score (nSPS) is 22.9. The Morgan fingerprint density at radius 3 is 2.82 bits per heavy atom. The van der Waals surface area contributed by atoms with Crippen molar-refractivity contribution in [1.82, 2.24) is 5.32 Å². The smallest absolute Gasteiger partial charge is 0.251 e. The minimum atomic E-state index is -0.192. The van der Waals surface area contributed by atoms with Gasteiger partial charge in [0, 0.05) is 12.1 Å². The first-order valence-corrected chi connectivity index (χ1v) is 5.95. The largest absolute Gasteiger partial charge is 0.398 e. The maximum atomic E-state index is 11.8. The molecule has 92 valence electrons. The van der Waals surface area contributed by atoms with Crippen LogP contribution < -0.4 is 11.1 Å². The van der Waals surface area contributed by atoms with E-state index in [0.717, 1.165) is 12.8 Å². The number of aliphatic hydroxyl groups is 1. The maximum absolute atomic E-state index is 11.8. The van der Waals surface area contributed by atoms with Crippen LogP contribution in [0, 0.1) is 5.92 Å². The number of nitrogen functional groups attached to an aromatic ring is 1. The SMILES string of the molecule is Nc1ccc(C(=O)NCC2CC(O)C2)cc1Cl. The third-order valence-electron chi connectivity index (χ3n) is 3.02. The molecule has 4 nitrogen and oxygen atoms in total. The van der Waals surface area contributed by atoms with Gasteiger partial charge in [0.2, 0.25) is 0 Å². The Hall–Kier alpha value is -1.26. The molecule has 0 saturated heterocycles. The van der Waals surface area contributed by atoms with E-state index >= 15 is 0 Å². The highest BCUT2D eigenvalue weighted by Gasteiger charge is 2.27. The minimum absolute atomic E-state index is 0.159. The summed E-state index contributed by atoms with van der Waals surface area (Å²) in [6, 6.07) is 4.82. The van der Waals surface area contributed by atoms with E-state index in [1.54, 1.807) is 18.2 Å². The fourth-order valence-electron chi connectivity index (χ4n) is 1.87. The molecule has 0 aromatic heterocycles. The Kier molecular flexibility index (Phi) is 3.54. The monoisotopic (exact) mass is 254 g/mol. The molecule has 1 saturated carbocycles. The van der Waals surface area contributed by atoms with Gasteiger partial charge in [-0.3, -0.25) is 4.79 Å². The van der Waals surface area contributed by atoms with Crippen LogP contribution in [-0.2, 0) is 0 Å². The predicted octanol–water partition coefficient (Wildman–Crippen LogP) is 1.42. The van der Waals surface area contributed by atoms with Crippen LogP contribution in [0.4, 0.5) is 5.69 Å². The summed E-state index contributed by atoms with van der Waals surface area (Å²) in [7, 11) is 0. The number of carbonyl (C=O) groups is 1. The molecule has 1 fully saturated rings. The number of nitrogens with one attached hydrogen (secondary N) is 1. The molecule has 0 radical (unpaired) electrons. The van der Waals surface area contributed by atoms with Gasteiger partial charge in [0.25, 0.3) is 5.91 Å². The van der Waals surface area contributed by atoms with Crippen LogP contribution in [0.25, 0.3) is 0 Å². The lowest BCUT2D eigenvalue weighted by atomic mass is 9.82. The van der Waals surface area contributed by atoms with Crippen molar-refractivity contribution in [3.05, 3.63) is 28.8 Å². The van der Waals surface area contributed by atoms with Gasteiger partial charge in [0.1, 0.15) is 0 Å². The standard InChI is InChI=1S/C12H15ClN2O2/c13-10-5-8(1-2-11(10)14)12(17)15-6-7-3-9(16)4-7/h1-2,5,7,9,16H,3-4,6,14H2,(H,15,17). The number of carbonyl (C=O) groups excluding carboxylic acids is 1. The molecule has 1 amide bonds. The lowest BCUT2D eigenvalue weighted by Crippen LogP contribution is -2.38. The summed E-state index contributed by atoms with van der Waals surface area (Å²) in [6.45, 7) is 0.595. The summed E-state index contributed by atoms with van der Waals surface area (Å²) in [5.41, 5.74) is 6.53. The van der Waals surface area contributed by atoms with Gasteiger partial charge in [0.15, 0.2) is 0 Å². The van der Waals surface area contributed by atoms with Crippen LogP contribution in [0.1, 0.15) is 23.2 Å². The van der Waals surface area contributed by atoms with E-state index in [1.807, 2.05) is 0 Å². The molecule has 1 aliphatic carbocycles. The van der Waals surface area contributed by atoms with Gasteiger partial charge in [-0.1, -0.05) is 11.6 Å². The fourth-order valence-corrected chi connectivity index (χ4v) is 2.06. The third kappa shape index (κ3) is 2.90. The zero-order valence-electron chi connectivity index (χ0n) is 9.32. The average Bonchev–Trinajstić information content (AvgIpc) is 2.26. The van der Waals surface area contributed by atoms with Crippen molar-refractivity contribution in [3.63, 3.8) is 0 Å². The van der Waals surface area contributed by atoms with E-state index in [-0.39, 0.29) is 12.0 Å². The second-order valence-electron chi connectivity index (χ2n) is 4.44. The fraction of sp³-hybridized carbons (Fsp3) is 0.417. The number of nitrogens with two attached hydrogens (primary N) is 1. The Labute approximate surface area is 105 Å². The average molecular weight is 255 g/mol. The van der Waals surface area contributed by atoms with E-state index in [9.17, 15) is 4.79 Å². The lowest BCUT2D eigenvalue weighted by Gasteiger charge is -2.31. The van der Waals surface area contributed by atoms with Crippen molar-refractivity contribution >= 4 is 23.2 Å². The summed E-state index contributed by atoms with van der Waals surface area (Å²) >= 11 is 5.84. The van der Waals surface area contributed by atoms with E-state index < -0.39 is 0 Å². The van der Waals surface area contributed by atoms with E-state index in [2.05, 4.69) is 5.32 Å². The van der Waals surface area contributed by atoms with Gasteiger partial charge in [-0.05, 0) is 37.0 Å². The Morgan fingerprint density at radius 1 is 1.53 bits per heavy atom. The third-order valence-corrected chi connectivity index (χ3v) is 3.35. The van der Waals surface area contributed by atoms with Crippen LogP contribution in [0.5, 0.6) is 0 Å². The van der Waals surface area contributed by atoms with Gasteiger partial charge in [-0.15, -0.1) is 0 Å². The second kappa shape index (κ2) is 4.94. The van der Waals surface area contributed by atoms with Gasteiger partial charge in [-0.25, -0.2) is 0 Å². The van der Waals surface area contributed by atoms with Crippen LogP contribution in [0.3, 0.4) is 0 Å². The van der Waals surface area contributed by atoms with Crippen molar-refractivity contribution < 1.29 is 9.90 Å². The molecule has 1 aromatic rings. The van der Waals surface area contributed by atoms with Crippen LogP contribution in [0.15, 0.2) is 18.2 Å². The number of amides is 1. The first-order valence-electron chi connectivity index (χ1n) is 5.57. The van der Waals surface area contributed by atoms with Crippen LogP contribution in [0.2, 0.25) is 5.02 Å². The number of anilines is 1. The van der Waals surface area contributed by atoms with E-state index in [1.165, 1.54) is 0 Å². The lowest BCUT2D eigenvalue weighted by molar-refractivity contribution is 0.0420. The van der Waals surface area contributed by atoms with E-state index in [4.69, 9.17) is 22.4 Å². The molecule has 0 spiro atoms. The summed E-state index contributed by atoms with van der Waals surface area (Å²) in [6.07, 6.45) is 1.34. The van der Waals surface area contributed by atoms with E-state index in [0.29, 0.717) is 28.7 Å². The number of benzene rings is 1.